The summed E-state index contributed by atoms with van der Waals surface area (Å²) in [6, 6.07) is 5.61. The van der Waals surface area contributed by atoms with E-state index in [2.05, 4.69) is 10.3 Å². The lowest BCUT2D eigenvalue weighted by Gasteiger charge is -2.03. The van der Waals surface area contributed by atoms with Crippen molar-refractivity contribution in [1.29, 1.82) is 0 Å². The number of anilines is 1. The van der Waals surface area contributed by atoms with Gasteiger partial charge in [0.05, 0.1) is 10.2 Å². The van der Waals surface area contributed by atoms with E-state index in [1.165, 1.54) is 18.4 Å². The van der Waals surface area contributed by atoms with Gasteiger partial charge in [-0.25, -0.2) is 0 Å². The lowest BCUT2D eigenvalue weighted by atomic mass is 10.3. The molecule has 1 amide bonds. The van der Waals surface area contributed by atoms with Crippen LogP contribution in [0.2, 0.25) is 0 Å². The third-order valence-corrected chi connectivity index (χ3v) is 3.18. The molecule has 0 unspecified atom stereocenters. The summed E-state index contributed by atoms with van der Waals surface area (Å²) >= 11 is 6.52. The molecule has 1 aromatic carbocycles. The second-order valence-electron chi connectivity index (χ2n) is 3.21. The van der Waals surface area contributed by atoms with Gasteiger partial charge in [-0.15, -0.1) is 11.3 Å². The first-order valence-electron chi connectivity index (χ1n) is 4.61. The number of hydrogen-bond donors (Lipinski definition) is 2. The molecule has 2 N–H and O–H groups in total. The van der Waals surface area contributed by atoms with Crippen LogP contribution in [0.5, 0.6) is 0 Å². The van der Waals surface area contributed by atoms with Crippen molar-refractivity contribution in [3.63, 3.8) is 0 Å². The minimum Gasteiger partial charge on any atom is -0.375 e. The number of rotatable bonds is 3. The predicted octanol–water partition coefficient (Wildman–Crippen LogP) is 2.54. The Bertz CT molecular complexity index is 573. The van der Waals surface area contributed by atoms with E-state index in [1.807, 2.05) is 18.2 Å². The molecule has 0 radical (unpaired) electrons. The minimum atomic E-state index is -0.166. The Balaban J connectivity index is 2.25. The maximum atomic E-state index is 11.3. The van der Waals surface area contributed by atoms with Crippen LogP contribution >= 0.6 is 23.6 Å². The Labute approximate surface area is 101 Å². The number of benzene rings is 1. The van der Waals surface area contributed by atoms with Crippen LogP contribution in [-0.2, 0) is 9.53 Å². The molecule has 0 bridgehead atoms. The van der Waals surface area contributed by atoms with E-state index in [4.69, 9.17) is 17.0 Å². The van der Waals surface area contributed by atoms with E-state index < -0.39 is 0 Å². The normalized spacial score (nSPS) is 10.6. The number of aromatic nitrogens is 1. The Morgan fingerprint density at radius 1 is 1.62 bits per heavy atom. The predicted molar refractivity (Wildman–Crippen MR) is 67.5 cm³/mol. The Morgan fingerprint density at radius 3 is 3.19 bits per heavy atom. The fraction of sp³-hybridized carbons (Fsp3) is 0.200. The molecule has 84 valence electrons. The summed E-state index contributed by atoms with van der Waals surface area (Å²) in [5, 5.41) is 2.74. The summed E-state index contributed by atoms with van der Waals surface area (Å²) in [4.78, 5) is 14.4. The van der Waals surface area contributed by atoms with Gasteiger partial charge < -0.3 is 15.0 Å². The summed E-state index contributed by atoms with van der Waals surface area (Å²) in [5.74, 6) is -0.166. The number of amides is 1. The summed E-state index contributed by atoms with van der Waals surface area (Å²) in [6.07, 6.45) is 0. The number of hydrogen-bond acceptors (Lipinski definition) is 4. The van der Waals surface area contributed by atoms with Crippen LogP contribution in [0.3, 0.4) is 0 Å². The molecule has 2 aromatic rings. The van der Waals surface area contributed by atoms with Crippen LogP contribution in [0.15, 0.2) is 18.2 Å². The number of fused-ring (bicyclic) bond motifs is 1. The molecule has 0 aliphatic carbocycles. The van der Waals surface area contributed by atoms with Gasteiger partial charge in [-0.1, -0.05) is 0 Å². The molecule has 0 atom stereocenters. The van der Waals surface area contributed by atoms with Gasteiger partial charge in [-0.2, -0.15) is 0 Å². The maximum absolute atomic E-state index is 11.3. The van der Waals surface area contributed by atoms with Crippen molar-refractivity contribution in [2.45, 2.75) is 0 Å². The SMILES string of the molecule is COCC(=O)Nc1ccc2[nH]c(=S)sc2c1. The van der Waals surface area contributed by atoms with Crippen LogP contribution < -0.4 is 5.32 Å². The maximum Gasteiger partial charge on any atom is 0.250 e. The number of thiazole rings is 1. The van der Waals surface area contributed by atoms with Crippen LogP contribution in [0.4, 0.5) is 5.69 Å². The van der Waals surface area contributed by atoms with Gasteiger partial charge in [0.1, 0.15) is 6.61 Å². The van der Waals surface area contributed by atoms with E-state index in [-0.39, 0.29) is 12.5 Å². The van der Waals surface area contributed by atoms with Gasteiger partial charge in [-0.05, 0) is 30.4 Å². The summed E-state index contributed by atoms with van der Waals surface area (Å²) in [7, 11) is 1.49. The third kappa shape index (κ3) is 2.46. The van der Waals surface area contributed by atoms with Crippen LogP contribution in [0, 0.1) is 3.95 Å². The number of methoxy groups -OCH3 is 1. The molecule has 0 fully saturated rings. The molecule has 0 aliphatic heterocycles. The molecule has 6 heteroatoms. The highest BCUT2D eigenvalue weighted by atomic mass is 32.1. The van der Waals surface area contributed by atoms with Crippen molar-refractivity contribution < 1.29 is 9.53 Å². The first kappa shape index (κ1) is 11.3. The average Bonchev–Trinajstić information content (AvgIpc) is 2.57. The van der Waals surface area contributed by atoms with E-state index >= 15 is 0 Å². The molecule has 1 heterocycles. The largest absolute Gasteiger partial charge is 0.375 e. The van der Waals surface area contributed by atoms with E-state index in [1.54, 1.807) is 0 Å². The molecule has 2 rings (SSSR count). The zero-order valence-corrected chi connectivity index (χ0v) is 10.2. The van der Waals surface area contributed by atoms with E-state index in [0.29, 0.717) is 0 Å². The van der Waals surface area contributed by atoms with Crippen molar-refractivity contribution in [2.75, 3.05) is 19.0 Å². The number of aromatic amines is 1. The fourth-order valence-electron chi connectivity index (χ4n) is 1.35. The van der Waals surface area contributed by atoms with Crippen molar-refractivity contribution in [3.05, 3.63) is 22.2 Å². The summed E-state index contributed by atoms with van der Waals surface area (Å²) < 4.78 is 6.49. The number of H-pyrrole nitrogens is 1. The fourth-order valence-corrected chi connectivity index (χ4v) is 2.51. The van der Waals surface area contributed by atoms with Gasteiger partial charge in [0.25, 0.3) is 0 Å². The zero-order chi connectivity index (χ0) is 11.5. The smallest absolute Gasteiger partial charge is 0.250 e. The number of carbonyl (C=O) groups is 1. The van der Waals surface area contributed by atoms with Gasteiger partial charge in [0.15, 0.2) is 3.95 Å². The minimum absolute atomic E-state index is 0.0564. The second-order valence-corrected chi connectivity index (χ2v) is 4.93. The van der Waals surface area contributed by atoms with Crippen LogP contribution in [0.1, 0.15) is 0 Å². The Morgan fingerprint density at radius 2 is 2.44 bits per heavy atom. The highest BCUT2D eigenvalue weighted by Crippen LogP contribution is 2.22. The summed E-state index contributed by atoms with van der Waals surface area (Å²) in [5.41, 5.74) is 1.74. The lowest BCUT2D eigenvalue weighted by molar-refractivity contribution is -0.119. The molecular weight excluding hydrogens is 244 g/mol. The molecule has 0 saturated carbocycles. The second kappa shape index (κ2) is 4.73. The third-order valence-electron chi connectivity index (χ3n) is 1.98. The van der Waals surface area contributed by atoms with Gasteiger partial charge in [-0.3, -0.25) is 4.79 Å². The van der Waals surface area contributed by atoms with Gasteiger partial charge in [0.2, 0.25) is 5.91 Å². The topological polar surface area (TPSA) is 54.1 Å². The molecule has 0 saturated heterocycles. The average molecular weight is 254 g/mol. The molecular formula is C10H10N2O2S2. The monoisotopic (exact) mass is 254 g/mol. The van der Waals surface area contributed by atoms with Crippen molar-refractivity contribution >= 4 is 45.4 Å². The van der Waals surface area contributed by atoms with Gasteiger partial charge >= 0.3 is 0 Å². The Kier molecular flexibility index (Phi) is 3.33. The number of nitrogens with one attached hydrogen (secondary N) is 2. The first-order valence-corrected chi connectivity index (χ1v) is 5.83. The number of carbonyl (C=O) groups excluding carboxylic acids is 1. The quantitative estimate of drug-likeness (QED) is 0.828. The van der Waals surface area contributed by atoms with Crippen LogP contribution in [0.25, 0.3) is 10.2 Å². The van der Waals surface area contributed by atoms with Crippen molar-refractivity contribution in [3.8, 4) is 0 Å². The van der Waals surface area contributed by atoms with Gasteiger partial charge in [0, 0.05) is 12.8 Å². The number of ether oxygens (including phenoxy) is 1. The van der Waals surface area contributed by atoms with E-state index in [0.717, 1.165) is 19.9 Å². The van der Waals surface area contributed by atoms with Crippen molar-refractivity contribution in [1.82, 2.24) is 4.98 Å². The zero-order valence-electron chi connectivity index (χ0n) is 8.57. The molecule has 0 spiro atoms. The molecule has 16 heavy (non-hydrogen) atoms. The first-order chi connectivity index (χ1) is 7.69. The molecule has 4 nitrogen and oxygen atoms in total. The molecule has 0 aliphatic rings. The van der Waals surface area contributed by atoms with Crippen LogP contribution in [-0.4, -0.2) is 24.6 Å². The Hall–Kier alpha value is -1.24. The molecule has 1 aromatic heterocycles. The van der Waals surface area contributed by atoms with Crippen molar-refractivity contribution in [2.24, 2.45) is 0 Å². The summed E-state index contributed by atoms with van der Waals surface area (Å²) in [6.45, 7) is 0.0564. The standard InChI is InChI=1S/C10H10N2O2S2/c1-14-5-9(13)11-6-2-3-7-8(4-6)16-10(15)12-7/h2-4H,5H2,1H3,(H,11,13)(H,12,15). The van der Waals surface area contributed by atoms with E-state index in [9.17, 15) is 4.79 Å². The highest BCUT2D eigenvalue weighted by molar-refractivity contribution is 7.73. The lowest BCUT2D eigenvalue weighted by Crippen LogP contribution is -2.16. The highest BCUT2D eigenvalue weighted by Gasteiger charge is 2.03.